The standard InChI is InChI=1S/C23H17NO2S/c1-25-18-9-6-16(7-10-18)23-20(12-8-17-5-3-4-14-24-17)21-15-19(26-2)11-13-22(21)27-23/h3-7,9-11,13-15H,1-2H3. The van der Waals surface area contributed by atoms with Crippen LogP contribution in [0.2, 0.25) is 0 Å². The number of benzene rings is 2. The van der Waals surface area contributed by atoms with Crippen molar-refractivity contribution in [3.05, 3.63) is 78.1 Å². The highest BCUT2D eigenvalue weighted by Crippen LogP contribution is 2.40. The van der Waals surface area contributed by atoms with Gasteiger partial charge in [-0.3, -0.25) is 0 Å². The Hall–Kier alpha value is -3.29. The van der Waals surface area contributed by atoms with E-state index in [2.05, 4.69) is 35.0 Å². The minimum absolute atomic E-state index is 0.750. The molecule has 0 aliphatic heterocycles. The summed E-state index contributed by atoms with van der Waals surface area (Å²) in [5.74, 6) is 8.19. The van der Waals surface area contributed by atoms with Crippen molar-refractivity contribution in [3.63, 3.8) is 0 Å². The molecule has 0 N–H and O–H groups in total. The predicted octanol–water partition coefficient (Wildman–Crippen LogP) is 5.38. The number of rotatable bonds is 3. The summed E-state index contributed by atoms with van der Waals surface area (Å²) < 4.78 is 11.9. The van der Waals surface area contributed by atoms with Crippen molar-refractivity contribution < 1.29 is 9.47 Å². The van der Waals surface area contributed by atoms with E-state index in [0.717, 1.165) is 38.6 Å². The maximum atomic E-state index is 5.41. The molecule has 0 unspecified atom stereocenters. The number of nitrogens with zero attached hydrogens (tertiary/aromatic N) is 1. The van der Waals surface area contributed by atoms with Gasteiger partial charge in [0, 0.05) is 16.3 Å². The van der Waals surface area contributed by atoms with Crippen molar-refractivity contribution >= 4 is 21.4 Å². The monoisotopic (exact) mass is 371 g/mol. The van der Waals surface area contributed by atoms with Gasteiger partial charge in [-0.25, -0.2) is 4.98 Å². The van der Waals surface area contributed by atoms with Crippen molar-refractivity contribution in [2.75, 3.05) is 14.2 Å². The third-order valence-electron chi connectivity index (χ3n) is 4.23. The minimum atomic E-state index is 0.750. The molecule has 0 radical (unpaired) electrons. The number of aromatic nitrogens is 1. The molecule has 27 heavy (non-hydrogen) atoms. The third kappa shape index (κ3) is 3.51. The quantitative estimate of drug-likeness (QED) is 0.453. The van der Waals surface area contributed by atoms with Crippen LogP contribution in [0.4, 0.5) is 0 Å². The van der Waals surface area contributed by atoms with E-state index in [9.17, 15) is 0 Å². The van der Waals surface area contributed by atoms with E-state index in [-0.39, 0.29) is 0 Å². The van der Waals surface area contributed by atoms with Crippen LogP contribution in [-0.2, 0) is 0 Å². The lowest BCUT2D eigenvalue weighted by atomic mass is 10.1. The molecule has 0 amide bonds. The van der Waals surface area contributed by atoms with Crippen LogP contribution in [0, 0.1) is 11.8 Å². The largest absolute Gasteiger partial charge is 0.497 e. The summed E-state index contributed by atoms with van der Waals surface area (Å²) in [6.07, 6.45) is 1.75. The van der Waals surface area contributed by atoms with Crippen LogP contribution in [-0.4, -0.2) is 19.2 Å². The summed E-state index contributed by atoms with van der Waals surface area (Å²) in [4.78, 5) is 5.43. The fourth-order valence-electron chi connectivity index (χ4n) is 2.84. The molecular weight excluding hydrogens is 354 g/mol. The molecule has 0 spiro atoms. The Balaban J connectivity index is 1.90. The Bertz CT molecular complexity index is 1140. The number of methoxy groups -OCH3 is 2. The van der Waals surface area contributed by atoms with Crippen molar-refractivity contribution in [2.45, 2.75) is 0 Å². The zero-order valence-corrected chi connectivity index (χ0v) is 15.8. The van der Waals surface area contributed by atoms with Crippen LogP contribution >= 0.6 is 11.3 Å². The average Bonchev–Trinajstić information content (AvgIpc) is 3.10. The Morgan fingerprint density at radius 2 is 1.63 bits per heavy atom. The lowest BCUT2D eigenvalue weighted by molar-refractivity contribution is 0.415. The van der Waals surface area contributed by atoms with Crippen molar-refractivity contribution in [1.82, 2.24) is 4.98 Å². The molecule has 2 heterocycles. The number of thiophene rings is 1. The second-order valence-corrected chi connectivity index (χ2v) is 6.91. The number of pyridine rings is 1. The van der Waals surface area contributed by atoms with E-state index in [1.165, 1.54) is 4.70 Å². The summed E-state index contributed by atoms with van der Waals surface area (Å²) >= 11 is 1.73. The molecule has 4 heteroatoms. The normalized spacial score (nSPS) is 10.3. The van der Waals surface area contributed by atoms with Crippen molar-refractivity contribution in [3.8, 4) is 33.8 Å². The van der Waals surface area contributed by atoms with Gasteiger partial charge in [0.05, 0.1) is 24.7 Å². The number of ether oxygens (including phenoxy) is 2. The van der Waals surface area contributed by atoms with Crippen LogP contribution in [0.5, 0.6) is 11.5 Å². The molecule has 0 aliphatic rings. The van der Waals surface area contributed by atoms with E-state index in [1.807, 2.05) is 42.5 Å². The first-order valence-electron chi connectivity index (χ1n) is 8.46. The van der Waals surface area contributed by atoms with Gasteiger partial charge in [-0.2, -0.15) is 0 Å². The minimum Gasteiger partial charge on any atom is -0.497 e. The van der Waals surface area contributed by atoms with Gasteiger partial charge >= 0.3 is 0 Å². The summed E-state index contributed by atoms with van der Waals surface area (Å²) in [5.41, 5.74) is 2.85. The smallest absolute Gasteiger partial charge is 0.119 e. The van der Waals surface area contributed by atoms with Gasteiger partial charge in [-0.1, -0.05) is 12.0 Å². The first-order chi connectivity index (χ1) is 13.3. The third-order valence-corrected chi connectivity index (χ3v) is 5.45. The first-order valence-corrected chi connectivity index (χ1v) is 9.28. The Labute approximate surface area is 162 Å². The van der Waals surface area contributed by atoms with Gasteiger partial charge in [-0.15, -0.1) is 11.3 Å². The van der Waals surface area contributed by atoms with Gasteiger partial charge < -0.3 is 9.47 Å². The van der Waals surface area contributed by atoms with E-state index in [0.29, 0.717) is 0 Å². The van der Waals surface area contributed by atoms with Crippen LogP contribution in [0.15, 0.2) is 66.9 Å². The SMILES string of the molecule is COc1ccc(-c2sc3ccc(OC)cc3c2C#Cc2ccccn2)cc1. The van der Waals surface area contributed by atoms with Crippen LogP contribution in [0.1, 0.15) is 11.3 Å². The first kappa shape index (κ1) is 17.1. The highest BCUT2D eigenvalue weighted by molar-refractivity contribution is 7.22. The van der Waals surface area contributed by atoms with Gasteiger partial charge in [0.15, 0.2) is 0 Å². The highest BCUT2D eigenvalue weighted by Gasteiger charge is 2.13. The Kier molecular flexibility index (Phi) is 4.78. The molecule has 0 bridgehead atoms. The molecule has 132 valence electrons. The summed E-state index contributed by atoms with van der Waals surface area (Å²) in [6.45, 7) is 0. The zero-order valence-electron chi connectivity index (χ0n) is 15.0. The second kappa shape index (κ2) is 7.53. The maximum absolute atomic E-state index is 5.41. The van der Waals surface area contributed by atoms with Gasteiger partial charge in [0.1, 0.15) is 17.2 Å². The van der Waals surface area contributed by atoms with Crippen molar-refractivity contribution in [1.29, 1.82) is 0 Å². The molecule has 0 atom stereocenters. The van der Waals surface area contributed by atoms with Crippen molar-refractivity contribution in [2.24, 2.45) is 0 Å². The predicted molar refractivity (Wildman–Crippen MR) is 111 cm³/mol. The molecule has 2 aromatic carbocycles. The molecule has 0 fully saturated rings. The summed E-state index contributed by atoms with van der Waals surface area (Å²) in [7, 11) is 3.35. The highest BCUT2D eigenvalue weighted by atomic mass is 32.1. The molecular formula is C23H17NO2S. The van der Waals surface area contributed by atoms with Crippen LogP contribution in [0.25, 0.3) is 20.5 Å². The maximum Gasteiger partial charge on any atom is 0.119 e. The average molecular weight is 371 g/mol. The topological polar surface area (TPSA) is 31.4 Å². The fourth-order valence-corrected chi connectivity index (χ4v) is 3.98. The van der Waals surface area contributed by atoms with Gasteiger partial charge in [-0.05, 0) is 66.1 Å². The molecule has 4 aromatic rings. The number of hydrogen-bond acceptors (Lipinski definition) is 4. The van der Waals surface area contributed by atoms with Crippen LogP contribution < -0.4 is 9.47 Å². The van der Waals surface area contributed by atoms with Gasteiger partial charge in [0.2, 0.25) is 0 Å². The van der Waals surface area contributed by atoms with E-state index >= 15 is 0 Å². The Morgan fingerprint density at radius 1 is 0.852 bits per heavy atom. The van der Waals surface area contributed by atoms with Crippen LogP contribution in [0.3, 0.4) is 0 Å². The number of hydrogen-bond donors (Lipinski definition) is 0. The molecule has 3 nitrogen and oxygen atoms in total. The second-order valence-electron chi connectivity index (χ2n) is 5.86. The van der Waals surface area contributed by atoms with E-state index in [1.54, 1.807) is 31.8 Å². The van der Waals surface area contributed by atoms with E-state index in [4.69, 9.17) is 9.47 Å². The number of fused-ring (bicyclic) bond motifs is 1. The molecule has 0 aliphatic carbocycles. The van der Waals surface area contributed by atoms with Gasteiger partial charge in [0.25, 0.3) is 0 Å². The fraction of sp³-hybridized carbons (Fsp3) is 0.0870. The zero-order chi connectivity index (χ0) is 18.6. The lowest BCUT2D eigenvalue weighted by Crippen LogP contribution is -1.85. The molecule has 0 saturated carbocycles. The molecule has 0 saturated heterocycles. The summed E-state index contributed by atoms with van der Waals surface area (Å²) in [6, 6.07) is 19.9. The summed E-state index contributed by atoms with van der Waals surface area (Å²) in [5, 5.41) is 1.09. The molecule has 2 aromatic heterocycles. The Morgan fingerprint density at radius 3 is 2.33 bits per heavy atom. The lowest BCUT2D eigenvalue weighted by Gasteiger charge is -2.03. The molecule has 4 rings (SSSR count). The van der Waals surface area contributed by atoms with E-state index < -0.39 is 0 Å².